The highest BCUT2D eigenvalue weighted by molar-refractivity contribution is 7.12. The molecule has 5 aromatic rings. The first-order valence-corrected chi connectivity index (χ1v) is 13.3. The highest BCUT2D eigenvalue weighted by Gasteiger charge is 2.19. The lowest BCUT2D eigenvalue weighted by Gasteiger charge is -2.18. The maximum atomic E-state index is 12.9. The first kappa shape index (κ1) is 23.9. The number of aromatic nitrogens is 2. The maximum Gasteiger partial charge on any atom is 0.265 e. The van der Waals surface area contributed by atoms with Crippen LogP contribution < -0.4 is 21.3 Å². The van der Waals surface area contributed by atoms with Crippen molar-refractivity contribution >= 4 is 51.1 Å². The fraction of sp³-hybridized carbons (Fsp3) is 0.138. The third-order valence-electron chi connectivity index (χ3n) is 6.66. The van der Waals surface area contributed by atoms with Gasteiger partial charge in [-0.25, -0.2) is 4.68 Å². The van der Waals surface area contributed by atoms with Crippen molar-refractivity contribution in [3.8, 4) is 5.69 Å². The average molecular weight is 523 g/mol. The summed E-state index contributed by atoms with van der Waals surface area (Å²) in [7, 11) is 0. The minimum atomic E-state index is -0.165. The number of anilines is 3. The van der Waals surface area contributed by atoms with Crippen molar-refractivity contribution in [3.05, 3.63) is 101 Å². The molecule has 190 valence electrons. The number of carbonyl (C=O) groups excluding carboxylic acids is 2. The van der Waals surface area contributed by atoms with Crippen LogP contribution in [0.1, 0.15) is 26.5 Å². The van der Waals surface area contributed by atoms with Crippen LogP contribution in [0.5, 0.6) is 0 Å². The quantitative estimate of drug-likeness (QED) is 0.287. The van der Waals surface area contributed by atoms with Gasteiger partial charge in [0.15, 0.2) is 0 Å². The number of thiophene rings is 1. The van der Waals surface area contributed by atoms with E-state index in [9.17, 15) is 9.59 Å². The van der Waals surface area contributed by atoms with Crippen LogP contribution >= 0.6 is 11.3 Å². The molecule has 2 aromatic heterocycles. The van der Waals surface area contributed by atoms with Crippen molar-refractivity contribution < 1.29 is 9.59 Å². The minimum Gasteiger partial charge on any atom is -0.370 e. The Balaban J connectivity index is 1.13. The van der Waals surface area contributed by atoms with Gasteiger partial charge in [-0.05, 0) is 84.6 Å². The van der Waals surface area contributed by atoms with Gasteiger partial charge in [-0.2, -0.15) is 5.10 Å². The number of rotatable bonds is 6. The maximum absolute atomic E-state index is 12.9. The van der Waals surface area contributed by atoms with Gasteiger partial charge in [-0.3, -0.25) is 9.59 Å². The fourth-order valence-electron chi connectivity index (χ4n) is 4.65. The SMILES string of the molecule is NC1CCN(c2ccc(C(=O)Nc3ccc4c(cnn4-c4ccc(NC(=O)c5cccs5)cc4)c3)cc2)C1. The van der Waals surface area contributed by atoms with Crippen molar-refractivity contribution in [2.45, 2.75) is 12.5 Å². The average Bonchev–Trinajstić information content (AvgIpc) is 3.70. The zero-order valence-electron chi connectivity index (χ0n) is 20.5. The largest absolute Gasteiger partial charge is 0.370 e. The number of hydrogen-bond donors (Lipinski definition) is 3. The van der Waals surface area contributed by atoms with E-state index in [2.05, 4.69) is 20.6 Å². The second-order valence-corrected chi connectivity index (χ2v) is 10.3. The highest BCUT2D eigenvalue weighted by atomic mass is 32.1. The first-order chi connectivity index (χ1) is 18.5. The van der Waals surface area contributed by atoms with Crippen molar-refractivity contribution in [1.82, 2.24) is 9.78 Å². The van der Waals surface area contributed by atoms with Crippen LogP contribution in [-0.2, 0) is 0 Å². The minimum absolute atomic E-state index is 0.126. The lowest BCUT2D eigenvalue weighted by atomic mass is 10.1. The first-order valence-electron chi connectivity index (χ1n) is 12.4. The van der Waals surface area contributed by atoms with Crippen molar-refractivity contribution in [2.75, 3.05) is 28.6 Å². The van der Waals surface area contributed by atoms with Gasteiger partial charge in [0.25, 0.3) is 11.8 Å². The number of nitrogens with one attached hydrogen (secondary N) is 2. The summed E-state index contributed by atoms with van der Waals surface area (Å²) < 4.78 is 1.83. The summed E-state index contributed by atoms with van der Waals surface area (Å²) in [6.07, 6.45) is 2.76. The second-order valence-electron chi connectivity index (χ2n) is 9.30. The number of carbonyl (C=O) groups is 2. The smallest absolute Gasteiger partial charge is 0.265 e. The number of nitrogens with two attached hydrogens (primary N) is 1. The molecule has 3 heterocycles. The third kappa shape index (κ3) is 4.89. The Kier molecular flexibility index (Phi) is 6.36. The Hall–Kier alpha value is -4.47. The molecule has 1 saturated heterocycles. The Morgan fingerprint density at radius 1 is 0.895 bits per heavy atom. The lowest BCUT2D eigenvalue weighted by molar-refractivity contribution is 0.102. The monoisotopic (exact) mass is 522 g/mol. The molecule has 4 N–H and O–H groups in total. The van der Waals surface area contributed by atoms with Crippen LogP contribution in [0.4, 0.5) is 17.1 Å². The predicted octanol–water partition coefficient (Wildman–Crippen LogP) is 5.13. The number of hydrogen-bond acceptors (Lipinski definition) is 6. The van der Waals surface area contributed by atoms with Gasteiger partial charge in [0, 0.05) is 47.1 Å². The van der Waals surface area contributed by atoms with Crippen LogP contribution in [-0.4, -0.2) is 40.7 Å². The molecule has 9 heteroatoms. The van der Waals surface area contributed by atoms with E-state index < -0.39 is 0 Å². The van der Waals surface area contributed by atoms with E-state index in [1.165, 1.54) is 11.3 Å². The summed E-state index contributed by atoms with van der Waals surface area (Å²) in [5, 5.41) is 13.2. The van der Waals surface area contributed by atoms with E-state index in [0.29, 0.717) is 21.8 Å². The van der Waals surface area contributed by atoms with Crippen LogP contribution in [0.2, 0.25) is 0 Å². The van der Waals surface area contributed by atoms with Crippen molar-refractivity contribution in [1.29, 1.82) is 0 Å². The summed E-state index contributed by atoms with van der Waals surface area (Å²) in [5.41, 5.74) is 10.9. The number of amides is 2. The molecule has 1 aliphatic rings. The van der Waals surface area contributed by atoms with E-state index in [1.807, 2.05) is 82.9 Å². The van der Waals surface area contributed by atoms with E-state index in [4.69, 9.17) is 5.73 Å². The molecule has 0 aliphatic carbocycles. The molecule has 6 rings (SSSR count). The van der Waals surface area contributed by atoms with Gasteiger partial charge in [-0.1, -0.05) is 6.07 Å². The molecule has 8 nitrogen and oxygen atoms in total. The predicted molar refractivity (Wildman–Crippen MR) is 153 cm³/mol. The van der Waals surface area contributed by atoms with Gasteiger partial charge in [-0.15, -0.1) is 11.3 Å². The molecular formula is C29H26N6O2S. The van der Waals surface area contributed by atoms with Crippen LogP contribution in [0.3, 0.4) is 0 Å². The summed E-state index contributed by atoms with van der Waals surface area (Å²) in [6, 6.07) is 24.7. The fourth-order valence-corrected chi connectivity index (χ4v) is 5.27. The van der Waals surface area contributed by atoms with Gasteiger partial charge in [0.1, 0.15) is 0 Å². The van der Waals surface area contributed by atoms with Crippen molar-refractivity contribution in [2.24, 2.45) is 5.73 Å². The molecule has 0 radical (unpaired) electrons. The van der Waals surface area contributed by atoms with Gasteiger partial charge < -0.3 is 21.3 Å². The molecular weight excluding hydrogens is 496 g/mol. The number of benzene rings is 3. The molecule has 0 spiro atoms. The molecule has 3 aromatic carbocycles. The Morgan fingerprint density at radius 2 is 1.63 bits per heavy atom. The highest BCUT2D eigenvalue weighted by Crippen LogP contribution is 2.25. The zero-order valence-corrected chi connectivity index (χ0v) is 21.3. The molecule has 0 bridgehead atoms. The summed E-state index contributed by atoms with van der Waals surface area (Å²) in [6.45, 7) is 1.78. The van der Waals surface area contributed by atoms with E-state index in [1.54, 1.807) is 12.3 Å². The van der Waals surface area contributed by atoms with Gasteiger partial charge in [0.05, 0.1) is 22.3 Å². The van der Waals surface area contributed by atoms with Gasteiger partial charge >= 0.3 is 0 Å². The lowest BCUT2D eigenvalue weighted by Crippen LogP contribution is -2.26. The van der Waals surface area contributed by atoms with E-state index in [0.717, 1.165) is 41.8 Å². The van der Waals surface area contributed by atoms with Crippen LogP contribution in [0, 0.1) is 0 Å². The molecule has 0 saturated carbocycles. The van der Waals surface area contributed by atoms with Crippen LogP contribution in [0.25, 0.3) is 16.6 Å². The Labute approximate surface area is 223 Å². The van der Waals surface area contributed by atoms with Crippen molar-refractivity contribution in [3.63, 3.8) is 0 Å². The molecule has 1 unspecified atom stereocenters. The van der Waals surface area contributed by atoms with E-state index >= 15 is 0 Å². The zero-order chi connectivity index (χ0) is 26.1. The molecule has 1 atom stereocenters. The Bertz CT molecular complexity index is 1590. The number of nitrogens with zero attached hydrogens (tertiary/aromatic N) is 3. The molecule has 1 fully saturated rings. The third-order valence-corrected chi connectivity index (χ3v) is 7.53. The molecule has 1 aliphatic heterocycles. The molecule has 38 heavy (non-hydrogen) atoms. The number of fused-ring (bicyclic) bond motifs is 1. The van der Waals surface area contributed by atoms with E-state index in [-0.39, 0.29) is 17.9 Å². The standard InChI is InChI=1S/C29H26N6O2S/c30-21-13-14-34(18-21)24-8-3-19(4-9-24)28(36)33-23-7-12-26-20(16-23)17-31-35(26)25-10-5-22(6-11-25)32-29(37)27-2-1-15-38-27/h1-12,15-17,21H,13-14,18,30H2,(H,32,37)(H,33,36). The second kappa shape index (κ2) is 10.1. The Morgan fingerprint density at radius 3 is 2.34 bits per heavy atom. The topological polar surface area (TPSA) is 105 Å². The summed E-state index contributed by atoms with van der Waals surface area (Å²) in [4.78, 5) is 28.0. The normalized spacial score (nSPS) is 15.1. The molecule has 2 amide bonds. The van der Waals surface area contributed by atoms with Gasteiger partial charge in [0.2, 0.25) is 0 Å². The summed E-state index contributed by atoms with van der Waals surface area (Å²) in [5.74, 6) is -0.291. The summed E-state index contributed by atoms with van der Waals surface area (Å²) >= 11 is 1.40. The van der Waals surface area contributed by atoms with Crippen LogP contribution in [0.15, 0.2) is 90.4 Å².